The molecule has 2 heterocycles. The van der Waals surface area contributed by atoms with Crippen molar-refractivity contribution in [1.82, 2.24) is 10.3 Å². The number of amides is 1. The number of rotatable bonds is 19. The summed E-state index contributed by atoms with van der Waals surface area (Å²) in [4.78, 5) is 28.1. The Bertz CT molecular complexity index is 2040. The number of carbonyl (C=O) groups excluding carboxylic acids is 1. The summed E-state index contributed by atoms with van der Waals surface area (Å²) in [5, 5.41) is 18.4. The minimum absolute atomic E-state index is 0.0367. The van der Waals surface area contributed by atoms with Crippen molar-refractivity contribution in [3.63, 3.8) is 0 Å². The molecule has 5 aromatic rings. The number of ether oxygens (including phenoxy) is 2. The second-order valence-electron chi connectivity index (χ2n) is 15.8. The lowest BCUT2D eigenvalue weighted by Gasteiger charge is -2.36. The number of piperidine rings is 1. The number of hydrogen-bond donors (Lipinski definition) is 4. The SMILES string of the molecule is C[N+]1(C)CCC(OC(=O)Nc2cc(CCCCCCCCCNC[C@H](O)c3ccc(OCc4ccccc4)c4[nH]c(=O)ccc34)ccc2-c2ccccc2)CC1. The lowest BCUT2D eigenvalue weighted by molar-refractivity contribution is -0.896. The molecule has 0 unspecified atom stereocenters. The van der Waals surface area contributed by atoms with Gasteiger partial charge in [-0.25, -0.2) is 4.79 Å². The molecule has 296 valence electrons. The molecule has 0 saturated carbocycles. The smallest absolute Gasteiger partial charge is 0.411 e. The fourth-order valence-electron chi connectivity index (χ4n) is 7.58. The molecule has 0 spiro atoms. The van der Waals surface area contributed by atoms with E-state index >= 15 is 0 Å². The standard InChI is InChI=1S/C47H58N4O5/c1-51(2)30-27-38(28-31-51)56-47(54)49-42-32-35(21-22-39(42)37-19-13-9-14-20-37)16-10-6-4-3-5-7-15-29-48-33-43(52)40-23-25-44(46-41(40)24-26-45(53)50-46)55-34-36-17-11-8-12-18-36/h8-9,11-14,17-26,32,38,43,48,52H,3-7,10,15-16,27-31,33-34H2,1-2H3,(H-,49,50,53,54)/p+1/t43-/m0/s1. The summed E-state index contributed by atoms with van der Waals surface area (Å²) in [5.74, 6) is 0.585. The molecule has 6 rings (SSSR count). The summed E-state index contributed by atoms with van der Waals surface area (Å²) in [6.07, 6.45) is 9.68. The number of nitrogens with zero attached hydrogens (tertiary/aromatic N) is 1. The lowest BCUT2D eigenvalue weighted by Crippen LogP contribution is -2.48. The molecular formula is C47H59N4O5+. The zero-order valence-corrected chi connectivity index (χ0v) is 33.1. The first-order valence-electron chi connectivity index (χ1n) is 20.4. The molecule has 0 aliphatic carbocycles. The molecule has 1 atom stereocenters. The fraction of sp³-hybridized carbons (Fsp3) is 0.404. The van der Waals surface area contributed by atoms with Crippen molar-refractivity contribution in [3.05, 3.63) is 130 Å². The average molecular weight is 760 g/mol. The Hall–Kier alpha value is -4.96. The Kier molecular flexibility index (Phi) is 14.7. The maximum Gasteiger partial charge on any atom is 0.411 e. The fourth-order valence-corrected chi connectivity index (χ4v) is 7.58. The topological polar surface area (TPSA) is 113 Å². The van der Waals surface area contributed by atoms with Crippen molar-refractivity contribution in [2.45, 2.75) is 83.0 Å². The van der Waals surface area contributed by atoms with Crippen LogP contribution in [0.25, 0.3) is 22.0 Å². The Morgan fingerprint density at radius 2 is 1.52 bits per heavy atom. The van der Waals surface area contributed by atoms with Crippen LogP contribution in [0.15, 0.2) is 108 Å². The van der Waals surface area contributed by atoms with Crippen LogP contribution in [-0.4, -0.2) is 67.0 Å². The van der Waals surface area contributed by atoms with E-state index < -0.39 is 6.10 Å². The number of aromatic amines is 1. The zero-order valence-electron chi connectivity index (χ0n) is 33.1. The summed E-state index contributed by atoms with van der Waals surface area (Å²) in [6, 6.07) is 33.5. The number of aliphatic hydroxyl groups is 1. The number of H-pyrrole nitrogens is 1. The van der Waals surface area contributed by atoms with Crippen LogP contribution in [0, 0.1) is 0 Å². The van der Waals surface area contributed by atoms with E-state index in [0.29, 0.717) is 24.4 Å². The van der Waals surface area contributed by atoms with Gasteiger partial charge in [-0.2, -0.15) is 0 Å². The highest BCUT2D eigenvalue weighted by Crippen LogP contribution is 2.32. The maximum absolute atomic E-state index is 13.0. The molecule has 1 saturated heterocycles. The second-order valence-corrected chi connectivity index (χ2v) is 15.8. The number of unbranched alkanes of at least 4 members (excludes halogenated alkanes) is 6. The highest BCUT2D eigenvalue weighted by molar-refractivity contribution is 5.92. The van der Waals surface area contributed by atoms with Gasteiger partial charge in [-0.05, 0) is 66.3 Å². The predicted octanol–water partition coefficient (Wildman–Crippen LogP) is 9.16. The van der Waals surface area contributed by atoms with Crippen LogP contribution >= 0.6 is 0 Å². The van der Waals surface area contributed by atoms with Gasteiger partial charge in [-0.1, -0.05) is 111 Å². The third kappa shape index (κ3) is 12.0. The minimum Gasteiger partial charge on any atom is -0.487 e. The molecule has 1 amide bonds. The predicted molar refractivity (Wildman–Crippen MR) is 226 cm³/mol. The number of aliphatic hydroxyl groups excluding tert-OH is 1. The van der Waals surface area contributed by atoms with Gasteiger partial charge >= 0.3 is 6.09 Å². The number of aromatic nitrogens is 1. The van der Waals surface area contributed by atoms with Crippen LogP contribution in [0.4, 0.5) is 10.5 Å². The van der Waals surface area contributed by atoms with Crippen LogP contribution in [0.2, 0.25) is 0 Å². The van der Waals surface area contributed by atoms with Gasteiger partial charge in [0, 0.05) is 36.4 Å². The number of carbonyl (C=O) groups is 1. The number of nitrogens with one attached hydrogen (secondary N) is 3. The zero-order chi connectivity index (χ0) is 39.2. The molecule has 1 aliphatic heterocycles. The number of anilines is 1. The average Bonchev–Trinajstić information content (AvgIpc) is 3.20. The number of fused-ring (bicyclic) bond motifs is 1. The van der Waals surface area contributed by atoms with Crippen LogP contribution < -0.4 is 20.9 Å². The van der Waals surface area contributed by atoms with E-state index in [1.807, 2.05) is 60.7 Å². The first-order valence-corrected chi connectivity index (χ1v) is 20.4. The van der Waals surface area contributed by atoms with Gasteiger partial charge in [0.05, 0.1) is 44.5 Å². The van der Waals surface area contributed by atoms with Crippen molar-refractivity contribution in [3.8, 4) is 16.9 Å². The van der Waals surface area contributed by atoms with E-state index in [1.165, 1.54) is 37.3 Å². The monoisotopic (exact) mass is 759 g/mol. The van der Waals surface area contributed by atoms with E-state index in [1.54, 1.807) is 6.07 Å². The minimum atomic E-state index is -0.712. The van der Waals surface area contributed by atoms with E-state index in [-0.39, 0.29) is 17.8 Å². The summed E-state index contributed by atoms with van der Waals surface area (Å²) in [6.45, 7) is 3.68. The quantitative estimate of drug-likeness (QED) is 0.0494. The van der Waals surface area contributed by atoms with Crippen molar-refractivity contribution in [2.24, 2.45) is 0 Å². The van der Waals surface area contributed by atoms with Crippen LogP contribution in [0.3, 0.4) is 0 Å². The maximum atomic E-state index is 13.0. The van der Waals surface area contributed by atoms with Gasteiger partial charge in [0.15, 0.2) is 0 Å². The highest BCUT2D eigenvalue weighted by atomic mass is 16.6. The number of benzene rings is 4. The molecule has 1 aliphatic rings. The van der Waals surface area contributed by atoms with E-state index in [9.17, 15) is 14.7 Å². The molecule has 4 N–H and O–H groups in total. The normalized spacial score (nSPS) is 14.7. The van der Waals surface area contributed by atoms with Crippen LogP contribution in [-0.2, 0) is 17.8 Å². The lowest BCUT2D eigenvalue weighted by atomic mass is 9.98. The molecule has 9 nitrogen and oxygen atoms in total. The molecular weight excluding hydrogens is 701 g/mol. The second kappa shape index (κ2) is 20.3. The van der Waals surface area contributed by atoms with Gasteiger partial charge in [-0.3, -0.25) is 10.1 Å². The van der Waals surface area contributed by atoms with Crippen molar-refractivity contribution < 1.29 is 23.9 Å². The molecule has 0 bridgehead atoms. The number of aryl methyl sites for hydroxylation is 1. The Balaban J connectivity index is 0.885. The summed E-state index contributed by atoms with van der Waals surface area (Å²) in [7, 11) is 4.45. The molecule has 4 aromatic carbocycles. The number of quaternary nitrogens is 1. The largest absolute Gasteiger partial charge is 0.487 e. The first-order chi connectivity index (χ1) is 27.2. The van der Waals surface area contributed by atoms with Gasteiger partial charge in [0.25, 0.3) is 0 Å². The number of pyridine rings is 1. The number of likely N-dealkylation sites (tertiary alicyclic amines) is 1. The van der Waals surface area contributed by atoms with Gasteiger partial charge < -0.3 is 29.4 Å². The molecule has 0 radical (unpaired) electrons. The van der Waals surface area contributed by atoms with Crippen molar-refractivity contribution >= 4 is 22.7 Å². The van der Waals surface area contributed by atoms with Crippen LogP contribution in [0.1, 0.15) is 80.6 Å². The molecule has 56 heavy (non-hydrogen) atoms. The van der Waals surface area contributed by atoms with E-state index in [4.69, 9.17) is 9.47 Å². The Morgan fingerprint density at radius 1 is 0.821 bits per heavy atom. The van der Waals surface area contributed by atoms with Gasteiger partial charge in [0.2, 0.25) is 5.56 Å². The number of hydrogen-bond acceptors (Lipinski definition) is 6. The third-order valence-electron chi connectivity index (χ3n) is 10.9. The highest BCUT2D eigenvalue weighted by Gasteiger charge is 2.28. The first kappa shape index (κ1) is 40.7. The molecule has 1 fully saturated rings. The van der Waals surface area contributed by atoms with Crippen molar-refractivity contribution in [1.29, 1.82) is 0 Å². The van der Waals surface area contributed by atoms with Gasteiger partial charge in [-0.15, -0.1) is 0 Å². The summed E-state index contributed by atoms with van der Waals surface area (Å²) < 4.78 is 12.9. The van der Waals surface area contributed by atoms with Gasteiger partial charge in [0.1, 0.15) is 18.5 Å². The third-order valence-corrected chi connectivity index (χ3v) is 10.9. The molecule has 9 heteroatoms. The Morgan fingerprint density at radius 3 is 2.27 bits per heavy atom. The van der Waals surface area contributed by atoms with E-state index in [0.717, 1.165) is 96.0 Å². The summed E-state index contributed by atoms with van der Waals surface area (Å²) >= 11 is 0. The molecule has 1 aromatic heterocycles. The van der Waals surface area contributed by atoms with Crippen molar-refractivity contribution in [2.75, 3.05) is 45.6 Å². The van der Waals surface area contributed by atoms with E-state index in [2.05, 4.69) is 60.0 Å². The van der Waals surface area contributed by atoms with Crippen LogP contribution in [0.5, 0.6) is 5.75 Å². The Labute approximate surface area is 331 Å². The summed E-state index contributed by atoms with van der Waals surface area (Å²) in [5.41, 5.74) is 6.29.